The maximum absolute atomic E-state index is 12.8. The average Bonchev–Trinajstić information content (AvgIpc) is 3.10. The summed E-state index contributed by atoms with van der Waals surface area (Å²) in [6, 6.07) is -0.869. The minimum atomic E-state index is -4.35. The molecule has 0 radical (unpaired) electrons. The van der Waals surface area contributed by atoms with E-state index < -0.39 is 20.0 Å². The Morgan fingerprint density at radius 2 is 1.09 bits per heavy atom. The number of quaternary nitrogens is 1. The molecule has 0 aromatic heterocycles. The van der Waals surface area contributed by atoms with E-state index in [4.69, 9.17) is 9.05 Å². The molecule has 3 N–H and O–H groups in total. The van der Waals surface area contributed by atoms with Gasteiger partial charge in [0.1, 0.15) is 13.2 Å². The van der Waals surface area contributed by atoms with Crippen molar-refractivity contribution in [1.82, 2.24) is 5.32 Å². The summed E-state index contributed by atoms with van der Waals surface area (Å²) in [6.07, 6.45) is 44.6. The second-order valence-electron chi connectivity index (χ2n) is 15.7. The molecule has 0 aromatic rings. The summed E-state index contributed by atoms with van der Waals surface area (Å²) in [7, 11) is 1.54. The number of rotatable bonds is 38. The Hall–Kier alpha value is -1.54. The number of allylic oxidation sites excluding steroid dienone is 7. The average molecular weight is 768 g/mol. The lowest BCUT2D eigenvalue weighted by atomic mass is 10.1. The molecule has 310 valence electrons. The van der Waals surface area contributed by atoms with E-state index >= 15 is 0 Å². The first-order chi connectivity index (χ1) is 25.5. The topological polar surface area (TPSA) is 105 Å². The number of phosphoric ester groups is 1. The smallest absolute Gasteiger partial charge is 0.387 e. The molecule has 0 aliphatic carbocycles. The molecule has 0 aliphatic heterocycles. The van der Waals surface area contributed by atoms with Crippen molar-refractivity contribution in [3.8, 4) is 0 Å². The standard InChI is InChI=1S/C44H83N2O6P/c1-6-8-10-12-14-16-18-20-22-24-26-28-30-32-34-36-38-44(48)45-42(41-52-53(49,50)51-40-39-46(3,4)5)43(47)37-35-33-31-29-27-25-23-21-19-17-15-13-11-9-7-2/h16,18,22,24,27,29,35,37,42-43,47H,6-15,17,19-21,23,25-26,28,30-34,36,38-41H2,1-5H3,(H-,45,48,49,50)/p+1/b18-16-,24-22-,29-27+,37-35+. The molecule has 0 spiro atoms. The third-order valence-electron chi connectivity index (χ3n) is 9.27. The second-order valence-corrected chi connectivity index (χ2v) is 17.2. The summed E-state index contributed by atoms with van der Waals surface area (Å²) in [4.78, 5) is 23.1. The zero-order valence-electron chi connectivity index (χ0n) is 35.0. The minimum absolute atomic E-state index is 0.0519. The number of amides is 1. The lowest BCUT2D eigenvalue weighted by Crippen LogP contribution is -2.45. The number of nitrogens with one attached hydrogen (secondary N) is 1. The van der Waals surface area contributed by atoms with Crippen molar-refractivity contribution < 1.29 is 32.9 Å². The molecule has 0 fully saturated rings. The van der Waals surface area contributed by atoms with E-state index in [1.165, 1.54) is 89.9 Å². The highest BCUT2D eigenvalue weighted by atomic mass is 31.2. The number of nitrogens with zero attached hydrogens (tertiary/aromatic N) is 1. The molecule has 0 aromatic carbocycles. The van der Waals surface area contributed by atoms with Crippen molar-refractivity contribution in [2.75, 3.05) is 40.9 Å². The molecule has 0 heterocycles. The van der Waals surface area contributed by atoms with E-state index in [0.29, 0.717) is 17.4 Å². The van der Waals surface area contributed by atoms with Gasteiger partial charge in [0.15, 0.2) is 0 Å². The van der Waals surface area contributed by atoms with Gasteiger partial charge in [-0.15, -0.1) is 0 Å². The van der Waals surface area contributed by atoms with E-state index in [1.807, 2.05) is 27.2 Å². The number of hydrogen-bond acceptors (Lipinski definition) is 5. The van der Waals surface area contributed by atoms with Crippen LogP contribution in [-0.2, 0) is 18.4 Å². The van der Waals surface area contributed by atoms with Crippen LogP contribution in [0.2, 0.25) is 0 Å². The van der Waals surface area contributed by atoms with E-state index in [2.05, 4.69) is 55.6 Å². The number of carbonyl (C=O) groups is 1. The van der Waals surface area contributed by atoms with Crippen LogP contribution in [0.4, 0.5) is 0 Å². The molecule has 9 heteroatoms. The van der Waals surface area contributed by atoms with Crippen LogP contribution in [0.1, 0.15) is 174 Å². The number of likely N-dealkylation sites (N-methyl/N-ethyl adjacent to an activating group) is 1. The fraction of sp³-hybridized carbons (Fsp3) is 0.795. The Morgan fingerprint density at radius 3 is 1.64 bits per heavy atom. The first-order valence-corrected chi connectivity index (χ1v) is 23.0. The summed E-state index contributed by atoms with van der Waals surface area (Å²) in [5, 5.41) is 13.8. The number of aliphatic hydroxyl groups is 1. The van der Waals surface area contributed by atoms with Gasteiger partial charge in [-0.05, 0) is 64.2 Å². The summed E-state index contributed by atoms with van der Waals surface area (Å²) in [5.74, 6) is -0.203. The summed E-state index contributed by atoms with van der Waals surface area (Å²) >= 11 is 0. The largest absolute Gasteiger partial charge is 0.472 e. The van der Waals surface area contributed by atoms with Gasteiger partial charge in [0.2, 0.25) is 5.91 Å². The van der Waals surface area contributed by atoms with Crippen molar-refractivity contribution in [3.05, 3.63) is 48.6 Å². The van der Waals surface area contributed by atoms with Crippen LogP contribution < -0.4 is 5.32 Å². The quantitative estimate of drug-likeness (QED) is 0.0250. The predicted octanol–water partition coefficient (Wildman–Crippen LogP) is 11.7. The molecule has 0 rings (SSSR count). The SMILES string of the molecule is CCCCCC/C=C\C/C=C\CCCCCCCC(=O)NC(COP(=O)(O)OCC[N+](C)(C)C)C(O)/C=C/CC/C=C/CCCCCCCCCCC. The van der Waals surface area contributed by atoms with Crippen LogP contribution in [0.5, 0.6) is 0 Å². The molecule has 0 aliphatic rings. The molecule has 3 unspecified atom stereocenters. The summed E-state index contributed by atoms with van der Waals surface area (Å²) in [5.41, 5.74) is 0. The van der Waals surface area contributed by atoms with Crippen molar-refractivity contribution in [2.45, 2.75) is 187 Å². The van der Waals surface area contributed by atoms with Crippen LogP contribution in [0.25, 0.3) is 0 Å². The highest BCUT2D eigenvalue weighted by Crippen LogP contribution is 2.43. The number of unbranched alkanes of at least 4 members (excludes halogenated alkanes) is 19. The number of phosphoric acid groups is 1. The zero-order valence-corrected chi connectivity index (χ0v) is 35.9. The van der Waals surface area contributed by atoms with Gasteiger partial charge in [0.25, 0.3) is 0 Å². The molecule has 1 amide bonds. The molecule has 0 bridgehead atoms. The Labute approximate surface area is 327 Å². The van der Waals surface area contributed by atoms with Crippen molar-refractivity contribution in [2.24, 2.45) is 0 Å². The number of aliphatic hydroxyl groups excluding tert-OH is 1. The maximum Gasteiger partial charge on any atom is 0.472 e. The fourth-order valence-corrected chi connectivity index (χ4v) is 6.53. The second kappa shape index (κ2) is 36.1. The molecule has 3 atom stereocenters. The van der Waals surface area contributed by atoms with Crippen LogP contribution in [-0.4, -0.2) is 73.4 Å². The molecular formula is C44H84N2O6P+. The van der Waals surface area contributed by atoms with Gasteiger partial charge in [-0.1, -0.05) is 152 Å². The van der Waals surface area contributed by atoms with Crippen LogP contribution in [0.3, 0.4) is 0 Å². The van der Waals surface area contributed by atoms with Crippen molar-refractivity contribution >= 4 is 13.7 Å². The third kappa shape index (κ3) is 38.5. The minimum Gasteiger partial charge on any atom is -0.387 e. The van der Waals surface area contributed by atoms with Crippen molar-refractivity contribution in [1.29, 1.82) is 0 Å². The van der Waals surface area contributed by atoms with Crippen LogP contribution in [0, 0.1) is 0 Å². The van der Waals surface area contributed by atoms with Gasteiger partial charge in [0, 0.05) is 6.42 Å². The molecule has 0 saturated heterocycles. The molecular weight excluding hydrogens is 683 g/mol. The van der Waals surface area contributed by atoms with E-state index in [9.17, 15) is 19.4 Å². The first-order valence-electron chi connectivity index (χ1n) is 21.5. The molecule has 8 nitrogen and oxygen atoms in total. The monoisotopic (exact) mass is 768 g/mol. The van der Waals surface area contributed by atoms with Gasteiger partial charge in [-0.25, -0.2) is 4.57 Å². The number of carbonyl (C=O) groups excluding carboxylic acids is 1. The van der Waals surface area contributed by atoms with Gasteiger partial charge >= 0.3 is 7.82 Å². The van der Waals surface area contributed by atoms with E-state index in [0.717, 1.165) is 64.2 Å². The van der Waals surface area contributed by atoms with Crippen LogP contribution >= 0.6 is 7.82 Å². The van der Waals surface area contributed by atoms with Gasteiger partial charge < -0.3 is 19.8 Å². The van der Waals surface area contributed by atoms with Crippen molar-refractivity contribution in [3.63, 3.8) is 0 Å². The van der Waals surface area contributed by atoms with Gasteiger partial charge in [0.05, 0.1) is 39.9 Å². The Kier molecular flexibility index (Phi) is 35.1. The normalized spacial score (nSPS) is 14.9. The lowest BCUT2D eigenvalue weighted by Gasteiger charge is -2.25. The first kappa shape index (κ1) is 51.5. The summed E-state index contributed by atoms with van der Waals surface area (Å²) < 4.78 is 23.5. The molecule has 53 heavy (non-hydrogen) atoms. The Morgan fingerprint density at radius 1 is 0.642 bits per heavy atom. The zero-order chi connectivity index (χ0) is 39.3. The maximum atomic E-state index is 12.8. The van der Waals surface area contributed by atoms with E-state index in [1.54, 1.807) is 6.08 Å². The highest BCUT2D eigenvalue weighted by Gasteiger charge is 2.27. The third-order valence-corrected chi connectivity index (χ3v) is 10.3. The fourth-order valence-electron chi connectivity index (χ4n) is 5.79. The number of hydrogen-bond donors (Lipinski definition) is 3. The Bertz CT molecular complexity index is 1010. The summed E-state index contributed by atoms with van der Waals surface area (Å²) in [6.45, 7) is 4.74. The Balaban J connectivity index is 4.54. The van der Waals surface area contributed by atoms with Crippen LogP contribution in [0.15, 0.2) is 48.6 Å². The molecule has 0 saturated carbocycles. The highest BCUT2D eigenvalue weighted by molar-refractivity contribution is 7.47. The van der Waals surface area contributed by atoms with Gasteiger partial charge in [-0.3, -0.25) is 13.8 Å². The van der Waals surface area contributed by atoms with E-state index in [-0.39, 0.29) is 19.1 Å². The lowest BCUT2D eigenvalue weighted by molar-refractivity contribution is -0.870. The van der Waals surface area contributed by atoms with Gasteiger partial charge in [-0.2, -0.15) is 0 Å². The predicted molar refractivity (Wildman–Crippen MR) is 226 cm³/mol.